The molecular weight excluding hydrogens is 859 g/mol. The van der Waals surface area contributed by atoms with Crippen LogP contribution in [-0.2, 0) is 25.2 Å². The second kappa shape index (κ2) is 19.1. The van der Waals surface area contributed by atoms with Crippen molar-refractivity contribution in [2.24, 2.45) is 0 Å². The summed E-state index contributed by atoms with van der Waals surface area (Å²) in [6.45, 7) is 5.13. The van der Waals surface area contributed by atoms with Gasteiger partial charge in [-0.2, -0.15) is 13.2 Å². The molecule has 4 aromatic rings. The summed E-state index contributed by atoms with van der Waals surface area (Å²) in [5.41, 5.74) is -1.72. The van der Waals surface area contributed by atoms with Gasteiger partial charge in [-0.1, -0.05) is 24.3 Å². The Hall–Kier alpha value is -6.77. The fourth-order valence-corrected chi connectivity index (χ4v) is 8.08. The van der Waals surface area contributed by atoms with E-state index in [1.807, 2.05) is 25.8 Å². The molecule has 3 atom stereocenters. The molecule has 2 fully saturated rings. The predicted octanol–water partition coefficient (Wildman–Crippen LogP) is 4.71. The minimum atomic E-state index is -5.00. The first kappa shape index (κ1) is 46.2. The number of imide groups is 2. The summed E-state index contributed by atoms with van der Waals surface area (Å²) in [5.74, 6) is -4.90. The Balaban J connectivity index is 0.942. The largest absolute Gasteiger partial charge is 0.417 e. The van der Waals surface area contributed by atoms with Crippen molar-refractivity contribution in [3.8, 4) is 11.1 Å². The highest BCUT2D eigenvalue weighted by Gasteiger charge is 2.45. The van der Waals surface area contributed by atoms with Crippen LogP contribution in [0.25, 0.3) is 11.1 Å². The van der Waals surface area contributed by atoms with Crippen molar-refractivity contribution in [1.29, 1.82) is 0 Å². The highest BCUT2D eigenvalue weighted by Crippen LogP contribution is 2.37. The van der Waals surface area contributed by atoms with Gasteiger partial charge in [-0.15, -0.1) is 0 Å². The van der Waals surface area contributed by atoms with E-state index in [9.17, 15) is 46.7 Å². The summed E-state index contributed by atoms with van der Waals surface area (Å²) < 4.78 is 68.5. The van der Waals surface area contributed by atoms with Crippen LogP contribution in [0.15, 0.2) is 71.7 Å². The summed E-state index contributed by atoms with van der Waals surface area (Å²) in [6.07, 6.45) is -4.26. The lowest BCUT2D eigenvalue weighted by Crippen LogP contribution is -2.55. The van der Waals surface area contributed by atoms with Crippen LogP contribution >= 0.6 is 0 Å². The van der Waals surface area contributed by atoms with E-state index in [-0.39, 0.29) is 84.8 Å². The number of halogens is 4. The molecule has 1 unspecified atom stereocenters. The van der Waals surface area contributed by atoms with E-state index in [0.717, 1.165) is 11.0 Å². The number of aromatic nitrogens is 1. The number of carbonyl (C=O) groups excluding carboxylic acids is 6. The van der Waals surface area contributed by atoms with Crippen LogP contribution in [0.2, 0.25) is 0 Å². The van der Waals surface area contributed by atoms with Crippen molar-refractivity contribution >= 4 is 52.4 Å². The minimum Gasteiger partial charge on any atom is -0.382 e. The van der Waals surface area contributed by atoms with Gasteiger partial charge in [0.05, 0.1) is 53.4 Å². The van der Waals surface area contributed by atoms with E-state index in [0.29, 0.717) is 36.7 Å². The summed E-state index contributed by atoms with van der Waals surface area (Å²) in [5, 5.41) is 7.79. The fraction of sp³-hybridized carbons (Fsp3) is 0.356. The molecule has 5 amide bonds. The van der Waals surface area contributed by atoms with E-state index >= 15 is 4.39 Å². The molecule has 65 heavy (non-hydrogen) atoms. The van der Waals surface area contributed by atoms with Gasteiger partial charge < -0.3 is 30.0 Å². The van der Waals surface area contributed by atoms with Crippen molar-refractivity contribution in [2.45, 2.75) is 51.0 Å². The molecule has 20 heteroatoms. The number of piperidine rings is 1. The third-order valence-corrected chi connectivity index (χ3v) is 11.7. The number of benzene rings is 3. The van der Waals surface area contributed by atoms with Gasteiger partial charge in [-0.3, -0.25) is 48.7 Å². The predicted molar refractivity (Wildman–Crippen MR) is 228 cm³/mol. The Morgan fingerprint density at radius 2 is 1.60 bits per heavy atom. The normalized spacial score (nSPS) is 19.0. The summed E-state index contributed by atoms with van der Waals surface area (Å²) in [4.78, 5) is 95.7. The zero-order valence-electron chi connectivity index (χ0n) is 35.5. The highest BCUT2D eigenvalue weighted by atomic mass is 19.4. The van der Waals surface area contributed by atoms with Gasteiger partial charge in [-0.05, 0) is 63.2 Å². The number of alkyl halides is 3. The van der Waals surface area contributed by atoms with Gasteiger partial charge >= 0.3 is 6.18 Å². The van der Waals surface area contributed by atoms with Crippen LogP contribution < -0.4 is 26.4 Å². The summed E-state index contributed by atoms with van der Waals surface area (Å²) in [7, 11) is 1.98. The first-order valence-corrected chi connectivity index (χ1v) is 20.7. The van der Waals surface area contributed by atoms with Crippen molar-refractivity contribution in [3.63, 3.8) is 0 Å². The number of ketones is 1. The Morgan fingerprint density at radius 1 is 0.862 bits per heavy atom. The van der Waals surface area contributed by atoms with Crippen LogP contribution in [-0.4, -0.2) is 121 Å². The number of Topliss-reactive ketones (excluding diaryl/α,β-unsaturated/α-hetero) is 1. The number of carbonyl (C=O) groups is 6. The Labute approximate surface area is 369 Å². The van der Waals surface area contributed by atoms with E-state index in [1.54, 1.807) is 24.3 Å². The molecule has 342 valence electrons. The number of aromatic amines is 1. The molecule has 0 aliphatic carbocycles. The lowest BCUT2D eigenvalue weighted by atomic mass is 9.99. The zero-order chi connectivity index (χ0) is 46.7. The number of hydrogen-bond acceptors (Lipinski definition) is 12. The number of nitrogens with one attached hydrogen (secondary N) is 4. The lowest BCUT2D eigenvalue weighted by Gasteiger charge is -2.44. The number of anilines is 3. The molecule has 7 rings (SSSR count). The molecule has 0 saturated carbocycles. The van der Waals surface area contributed by atoms with Gasteiger partial charge in [0.15, 0.2) is 5.78 Å². The average molecular weight is 904 g/mol. The molecule has 1 aromatic heterocycles. The molecule has 3 aliphatic rings. The molecule has 16 nitrogen and oxygen atoms in total. The monoisotopic (exact) mass is 903 g/mol. The average Bonchev–Trinajstić information content (AvgIpc) is 3.51. The second-order valence-corrected chi connectivity index (χ2v) is 16.0. The lowest BCUT2D eigenvalue weighted by molar-refractivity contribution is -0.138. The van der Waals surface area contributed by atoms with Crippen LogP contribution in [0, 0.1) is 5.82 Å². The van der Waals surface area contributed by atoms with Crippen LogP contribution in [0.4, 0.5) is 34.6 Å². The number of rotatable bonds is 15. The van der Waals surface area contributed by atoms with Crippen molar-refractivity contribution in [2.75, 3.05) is 68.6 Å². The number of hydrogen-bond donors (Lipinski definition) is 4. The maximum absolute atomic E-state index is 15.8. The number of piperazine rings is 1. The molecule has 3 aliphatic heterocycles. The maximum Gasteiger partial charge on any atom is 0.417 e. The van der Waals surface area contributed by atoms with Crippen molar-refractivity contribution in [1.82, 2.24) is 20.1 Å². The van der Waals surface area contributed by atoms with E-state index in [4.69, 9.17) is 9.47 Å². The third kappa shape index (κ3) is 9.98. The number of likely N-dealkylation sites (N-methyl/N-ethyl adjacent to an activating group) is 1. The third-order valence-electron chi connectivity index (χ3n) is 11.7. The molecule has 0 radical (unpaired) electrons. The summed E-state index contributed by atoms with van der Waals surface area (Å²) in [6, 6.07) is 12.6. The SMILES string of the molecule is C[C@@H]1CN(c2ccc(-c3ccc(C(=O)COCCOCCNc4cccc5c4C(=O)N(C4CCC(=O)NC4=O)C5=O)cc3F)cc2NC(=O)c2c[nH]c(=O)cc2C(F)(F)F)C[C@H](C)N1C. The molecule has 0 spiro atoms. The maximum atomic E-state index is 15.8. The van der Waals surface area contributed by atoms with E-state index < -0.39 is 76.6 Å². The van der Waals surface area contributed by atoms with Crippen molar-refractivity contribution < 1.29 is 55.8 Å². The molecule has 0 bridgehead atoms. The standard InChI is InChI=1S/C45H45F4N7O9/c1-24-21-55(22-25(2)54(24)3)35-10-8-26(18-34(35)52-41(60)30-20-51-39(59)19-31(30)45(47,48)49)28-9-7-27(17-32(28)46)37(57)23-65-16-15-64-14-13-50-33-6-4-5-29-40(33)44(63)56(43(29)62)36-11-12-38(58)53-42(36)61/h4-10,17-20,24-25,36,50H,11-16,21-23H2,1-3H3,(H,51,59)(H,52,60)(H,53,58,61)/t24-,25+,36?. The van der Waals surface area contributed by atoms with Crippen LogP contribution in [0.1, 0.15) is 73.7 Å². The van der Waals surface area contributed by atoms with E-state index in [1.165, 1.54) is 24.3 Å². The topological polar surface area (TPSA) is 200 Å². The highest BCUT2D eigenvalue weighted by molar-refractivity contribution is 6.25. The van der Waals surface area contributed by atoms with Crippen LogP contribution in [0.3, 0.4) is 0 Å². The molecule has 2 saturated heterocycles. The smallest absolute Gasteiger partial charge is 0.382 e. The van der Waals surface area contributed by atoms with Crippen LogP contribution in [0.5, 0.6) is 0 Å². The van der Waals surface area contributed by atoms with Gasteiger partial charge in [-0.25, -0.2) is 4.39 Å². The Bertz CT molecular complexity index is 2610. The molecule has 4 N–H and O–H groups in total. The number of H-pyrrole nitrogens is 1. The minimum absolute atomic E-state index is 0.00213. The number of fused-ring (bicyclic) bond motifs is 1. The zero-order valence-corrected chi connectivity index (χ0v) is 35.5. The van der Waals surface area contributed by atoms with Gasteiger partial charge in [0.25, 0.3) is 17.7 Å². The van der Waals surface area contributed by atoms with Crippen molar-refractivity contribution in [3.05, 3.63) is 111 Å². The summed E-state index contributed by atoms with van der Waals surface area (Å²) >= 11 is 0. The second-order valence-electron chi connectivity index (χ2n) is 16.0. The number of nitrogens with zero attached hydrogens (tertiary/aromatic N) is 3. The first-order valence-electron chi connectivity index (χ1n) is 20.7. The Morgan fingerprint density at radius 3 is 2.31 bits per heavy atom. The number of ether oxygens (including phenoxy) is 2. The molecule has 4 heterocycles. The van der Waals surface area contributed by atoms with Gasteiger partial charge in [0, 0.05) is 67.2 Å². The van der Waals surface area contributed by atoms with Gasteiger partial charge in [0.1, 0.15) is 18.5 Å². The quantitative estimate of drug-likeness (QED) is 0.0556. The Kier molecular flexibility index (Phi) is 13.6. The fourth-order valence-electron chi connectivity index (χ4n) is 8.08. The van der Waals surface area contributed by atoms with E-state index in [2.05, 4.69) is 25.8 Å². The molecule has 3 aromatic carbocycles. The number of amides is 5. The van der Waals surface area contributed by atoms with Gasteiger partial charge in [0.2, 0.25) is 17.4 Å². The molecular formula is C45H45F4N7O9. The first-order chi connectivity index (χ1) is 30.9. The number of pyridine rings is 1.